The van der Waals surface area contributed by atoms with Crippen molar-refractivity contribution in [1.82, 2.24) is 10.2 Å². The van der Waals surface area contributed by atoms with E-state index < -0.39 is 0 Å². The first-order chi connectivity index (χ1) is 12.1. The van der Waals surface area contributed by atoms with E-state index in [0.29, 0.717) is 0 Å². The summed E-state index contributed by atoms with van der Waals surface area (Å²) in [6.07, 6.45) is 2.04. The Balaban J connectivity index is 1.57. The minimum atomic E-state index is 0.0289. The Bertz CT molecular complexity index is 714. The Morgan fingerprint density at radius 2 is 2.00 bits per heavy atom. The second kappa shape index (κ2) is 8.17. The monoisotopic (exact) mass is 337 g/mol. The molecule has 132 valence electrons. The van der Waals surface area contributed by atoms with Gasteiger partial charge in [-0.1, -0.05) is 36.4 Å². The smallest absolute Gasteiger partial charge is 0.251 e. The van der Waals surface area contributed by atoms with Crippen molar-refractivity contribution in [2.45, 2.75) is 32.4 Å². The molecule has 0 saturated carbocycles. The Labute approximate surface area is 150 Å². The summed E-state index contributed by atoms with van der Waals surface area (Å²) in [6.45, 7) is 4.74. The van der Waals surface area contributed by atoms with Gasteiger partial charge in [0.15, 0.2) is 0 Å². The number of hydrogen-bond donors (Lipinski definition) is 2. The Morgan fingerprint density at radius 1 is 1.20 bits per heavy atom. The number of hydrogen-bond acceptors (Lipinski definition) is 3. The summed E-state index contributed by atoms with van der Waals surface area (Å²) < 4.78 is 0. The SMILES string of the molecule is CC(CN(C)Cc1ccccc1)NC(=O)c1cccc2c1CCCN2. The van der Waals surface area contributed by atoms with E-state index in [0.717, 1.165) is 49.3 Å². The zero-order valence-corrected chi connectivity index (χ0v) is 15.1. The van der Waals surface area contributed by atoms with Crippen molar-refractivity contribution in [3.63, 3.8) is 0 Å². The average molecular weight is 337 g/mol. The molecule has 0 fully saturated rings. The molecule has 2 aromatic rings. The van der Waals surface area contributed by atoms with Crippen LogP contribution in [0.2, 0.25) is 0 Å². The molecule has 0 saturated heterocycles. The fourth-order valence-corrected chi connectivity index (χ4v) is 3.50. The lowest BCUT2D eigenvalue weighted by molar-refractivity contribution is 0.0930. The topological polar surface area (TPSA) is 44.4 Å². The van der Waals surface area contributed by atoms with Crippen LogP contribution in [0.3, 0.4) is 0 Å². The number of nitrogens with one attached hydrogen (secondary N) is 2. The van der Waals surface area contributed by atoms with Gasteiger partial charge in [-0.2, -0.15) is 0 Å². The molecule has 0 radical (unpaired) electrons. The standard InChI is InChI=1S/C21H27N3O/c1-16(14-24(2)15-17-8-4-3-5-9-17)23-21(25)19-10-6-12-20-18(19)11-7-13-22-20/h3-6,8-10,12,16,22H,7,11,13-15H2,1-2H3,(H,23,25). The van der Waals surface area contributed by atoms with Crippen molar-refractivity contribution in [3.05, 3.63) is 65.2 Å². The molecule has 1 aliphatic heterocycles. The highest BCUT2D eigenvalue weighted by atomic mass is 16.1. The van der Waals surface area contributed by atoms with E-state index in [9.17, 15) is 4.79 Å². The summed E-state index contributed by atoms with van der Waals surface area (Å²) in [4.78, 5) is 14.9. The molecule has 1 amide bonds. The van der Waals surface area contributed by atoms with Gasteiger partial charge < -0.3 is 15.5 Å². The lowest BCUT2D eigenvalue weighted by Crippen LogP contribution is -2.41. The summed E-state index contributed by atoms with van der Waals surface area (Å²) in [7, 11) is 2.09. The van der Waals surface area contributed by atoms with Gasteiger partial charge in [0.1, 0.15) is 0 Å². The molecule has 0 aliphatic carbocycles. The van der Waals surface area contributed by atoms with Crippen molar-refractivity contribution in [3.8, 4) is 0 Å². The van der Waals surface area contributed by atoms with Crippen molar-refractivity contribution < 1.29 is 4.79 Å². The number of benzene rings is 2. The molecule has 0 spiro atoms. The van der Waals surface area contributed by atoms with Gasteiger partial charge in [0.2, 0.25) is 0 Å². The molecular formula is C21H27N3O. The quantitative estimate of drug-likeness (QED) is 0.850. The van der Waals surface area contributed by atoms with Crippen LogP contribution in [-0.4, -0.2) is 37.0 Å². The van der Waals surface area contributed by atoms with Gasteiger partial charge in [0.05, 0.1) is 0 Å². The summed E-state index contributed by atoms with van der Waals surface area (Å²) in [5, 5.41) is 6.54. The summed E-state index contributed by atoms with van der Waals surface area (Å²) in [5.74, 6) is 0.0289. The van der Waals surface area contributed by atoms with Gasteiger partial charge in [-0.05, 0) is 50.1 Å². The predicted molar refractivity (Wildman–Crippen MR) is 103 cm³/mol. The predicted octanol–water partition coefficient (Wildman–Crippen LogP) is 3.30. The van der Waals surface area contributed by atoms with Crippen LogP contribution < -0.4 is 10.6 Å². The van der Waals surface area contributed by atoms with E-state index in [-0.39, 0.29) is 11.9 Å². The van der Waals surface area contributed by atoms with Crippen molar-refractivity contribution in [1.29, 1.82) is 0 Å². The molecule has 25 heavy (non-hydrogen) atoms. The third-order valence-electron chi connectivity index (χ3n) is 4.60. The van der Waals surface area contributed by atoms with Crippen LogP contribution in [0.15, 0.2) is 48.5 Å². The van der Waals surface area contributed by atoms with Crippen LogP contribution in [0.4, 0.5) is 5.69 Å². The fourth-order valence-electron chi connectivity index (χ4n) is 3.50. The van der Waals surface area contributed by atoms with Gasteiger partial charge in [-0.25, -0.2) is 0 Å². The van der Waals surface area contributed by atoms with E-state index in [1.807, 2.05) is 18.2 Å². The normalized spacial score (nSPS) is 14.5. The molecule has 1 aliphatic rings. The first-order valence-corrected chi connectivity index (χ1v) is 9.02. The zero-order chi connectivity index (χ0) is 17.6. The molecule has 4 heteroatoms. The van der Waals surface area contributed by atoms with Crippen LogP contribution in [0, 0.1) is 0 Å². The number of anilines is 1. The van der Waals surface area contributed by atoms with Crippen LogP contribution in [0.5, 0.6) is 0 Å². The molecule has 1 heterocycles. The fraction of sp³-hybridized carbons (Fsp3) is 0.381. The maximum Gasteiger partial charge on any atom is 0.251 e. The number of likely N-dealkylation sites (N-methyl/N-ethyl adjacent to an activating group) is 1. The van der Waals surface area contributed by atoms with Crippen LogP contribution in [0.1, 0.15) is 34.8 Å². The second-order valence-corrected chi connectivity index (χ2v) is 6.92. The van der Waals surface area contributed by atoms with Crippen molar-refractivity contribution in [2.24, 2.45) is 0 Å². The van der Waals surface area contributed by atoms with Gasteiger partial charge in [-0.15, -0.1) is 0 Å². The van der Waals surface area contributed by atoms with Crippen molar-refractivity contribution >= 4 is 11.6 Å². The highest BCUT2D eigenvalue weighted by molar-refractivity contribution is 5.97. The molecule has 0 bridgehead atoms. The average Bonchev–Trinajstić information content (AvgIpc) is 2.61. The summed E-state index contributed by atoms with van der Waals surface area (Å²) in [6, 6.07) is 16.4. The molecule has 1 atom stereocenters. The highest BCUT2D eigenvalue weighted by Gasteiger charge is 2.19. The maximum atomic E-state index is 12.7. The molecule has 0 aromatic heterocycles. The number of carbonyl (C=O) groups is 1. The first-order valence-electron chi connectivity index (χ1n) is 9.02. The summed E-state index contributed by atoms with van der Waals surface area (Å²) in [5.41, 5.74) is 4.35. The maximum absolute atomic E-state index is 12.7. The molecule has 4 nitrogen and oxygen atoms in total. The van der Waals surface area contributed by atoms with Crippen LogP contribution >= 0.6 is 0 Å². The van der Waals surface area contributed by atoms with E-state index in [1.54, 1.807) is 0 Å². The van der Waals surface area contributed by atoms with Gasteiger partial charge in [0.25, 0.3) is 5.91 Å². The minimum Gasteiger partial charge on any atom is -0.385 e. The molecule has 1 unspecified atom stereocenters. The number of rotatable bonds is 6. The van der Waals surface area contributed by atoms with E-state index >= 15 is 0 Å². The van der Waals surface area contributed by atoms with Gasteiger partial charge in [0, 0.05) is 36.9 Å². The highest BCUT2D eigenvalue weighted by Crippen LogP contribution is 2.25. The molecule has 3 rings (SSSR count). The lowest BCUT2D eigenvalue weighted by Gasteiger charge is -2.24. The van der Waals surface area contributed by atoms with Crippen molar-refractivity contribution in [2.75, 3.05) is 25.5 Å². The Morgan fingerprint density at radius 3 is 2.80 bits per heavy atom. The lowest BCUT2D eigenvalue weighted by atomic mass is 9.97. The summed E-state index contributed by atoms with van der Waals surface area (Å²) >= 11 is 0. The zero-order valence-electron chi connectivity index (χ0n) is 15.1. The van der Waals surface area contributed by atoms with E-state index in [1.165, 1.54) is 5.56 Å². The Kier molecular flexibility index (Phi) is 5.71. The third-order valence-corrected chi connectivity index (χ3v) is 4.60. The molecular weight excluding hydrogens is 310 g/mol. The van der Waals surface area contributed by atoms with Gasteiger partial charge >= 0.3 is 0 Å². The number of fused-ring (bicyclic) bond motifs is 1. The van der Waals surface area contributed by atoms with Crippen LogP contribution in [0.25, 0.3) is 0 Å². The molecule has 2 N–H and O–H groups in total. The van der Waals surface area contributed by atoms with E-state index in [2.05, 4.69) is 59.8 Å². The molecule has 2 aromatic carbocycles. The largest absolute Gasteiger partial charge is 0.385 e. The number of carbonyl (C=O) groups excluding carboxylic acids is 1. The van der Waals surface area contributed by atoms with E-state index in [4.69, 9.17) is 0 Å². The third kappa shape index (κ3) is 4.60. The minimum absolute atomic E-state index is 0.0289. The second-order valence-electron chi connectivity index (χ2n) is 6.92. The van der Waals surface area contributed by atoms with Crippen LogP contribution in [-0.2, 0) is 13.0 Å². The number of nitrogens with zero attached hydrogens (tertiary/aromatic N) is 1. The van der Waals surface area contributed by atoms with Gasteiger partial charge in [-0.3, -0.25) is 4.79 Å². The first kappa shape index (κ1) is 17.5. The Hall–Kier alpha value is -2.33. The number of amides is 1.